The molecule has 2 heterocycles. The maximum Gasteiger partial charge on any atom is 0.233 e. The number of nitrogens with zero attached hydrogens (tertiary/aromatic N) is 3. The molecule has 0 spiro atoms. The summed E-state index contributed by atoms with van der Waals surface area (Å²) in [4.78, 5) is 14.1. The summed E-state index contributed by atoms with van der Waals surface area (Å²) in [7, 11) is 0. The second kappa shape index (κ2) is 6.41. The van der Waals surface area contributed by atoms with Crippen LogP contribution in [0.2, 0.25) is 0 Å². The number of hydrogen-bond acceptors (Lipinski definition) is 4. The summed E-state index contributed by atoms with van der Waals surface area (Å²) >= 11 is 0. The van der Waals surface area contributed by atoms with E-state index in [9.17, 15) is 4.79 Å². The number of hydrogen-bond donors (Lipinski definition) is 0. The third-order valence-corrected chi connectivity index (χ3v) is 3.54. The highest BCUT2D eigenvalue weighted by Gasteiger charge is 2.26. The Morgan fingerprint density at radius 3 is 2.48 bits per heavy atom. The molecule has 0 unspecified atom stereocenters. The van der Waals surface area contributed by atoms with Gasteiger partial charge in [0.25, 0.3) is 0 Å². The molecule has 0 saturated carbocycles. The largest absolute Gasteiger partial charge is 0.473 e. The first-order valence-electron chi connectivity index (χ1n) is 7.58. The first-order chi connectivity index (χ1) is 9.83. The molecule has 5 heteroatoms. The van der Waals surface area contributed by atoms with Gasteiger partial charge in [-0.15, -0.1) is 5.10 Å². The topological polar surface area (TPSA) is 55.3 Å². The van der Waals surface area contributed by atoms with Gasteiger partial charge in [0.05, 0.1) is 5.69 Å². The van der Waals surface area contributed by atoms with Gasteiger partial charge in [0, 0.05) is 38.4 Å². The Morgan fingerprint density at radius 1 is 1.29 bits per heavy atom. The fraction of sp³-hybridized carbons (Fsp3) is 0.688. The van der Waals surface area contributed by atoms with Gasteiger partial charge in [0.2, 0.25) is 11.8 Å². The number of carbonyl (C=O) groups excluding carboxylic acids is 1. The van der Waals surface area contributed by atoms with Crippen LogP contribution in [0.15, 0.2) is 12.1 Å². The molecule has 2 rings (SSSR count). The molecule has 116 valence electrons. The van der Waals surface area contributed by atoms with Crippen molar-refractivity contribution >= 4 is 5.91 Å². The predicted octanol–water partition coefficient (Wildman–Crippen LogP) is 2.59. The lowest BCUT2D eigenvalue weighted by atomic mass is 9.91. The van der Waals surface area contributed by atoms with Crippen LogP contribution >= 0.6 is 0 Å². The highest BCUT2D eigenvalue weighted by Crippen LogP contribution is 2.22. The third kappa shape index (κ3) is 4.99. The minimum atomic E-state index is 0.0436. The van der Waals surface area contributed by atoms with Crippen molar-refractivity contribution in [3.63, 3.8) is 0 Å². The standard InChI is InChI=1S/C16H25N3O2/c1-12-5-6-14(18-17-12)21-13-7-9-19(10-8-13)15(20)11-16(2,3)4/h5-6,13H,7-11H2,1-4H3. The second-order valence-electron chi connectivity index (χ2n) is 6.95. The van der Waals surface area contributed by atoms with Gasteiger partial charge < -0.3 is 9.64 Å². The number of aromatic nitrogens is 2. The minimum Gasteiger partial charge on any atom is -0.473 e. The van der Waals surface area contributed by atoms with Crippen LogP contribution in [0, 0.1) is 12.3 Å². The monoisotopic (exact) mass is 291 g/mol. The number of amides is 1. The van der Waals surface area contributed by atoms with Crippen molar-refractivity contribution in [3.8, 4) is 5.88 Å². The highest BCUT2D eigenvalue weighted by atomic mass is 16.5. The van der Waals surface area contributed by atoms with Gasteiger partial charge in [0.15, 0.2) is 0 Å². The van der Waals surface area contributed by atoms with Gasteiger partial charge in [-0.1, -0.05) is 20.8 Å². The lowest BCUT2D eigenvalue weighted by molar-refractivity contribution is -0.134. The van der Waals surface area contributed by atoms with Crippen LogP contribution in [0.3, 0.4) is 0 Å². The Hall–Kier alpha value is -1.65. The Kier molecular flexibility index (Phi) is 4.80. The number of rotatable bonds is 3. The van der Waals surface area contributed by atoms with Crippen molar-refractivity contribution in [2.75, 3.05) is 13.1 Å². The molecule has 1 fully saturated rings. The first kappa shape index (κ1) is 15.7. The summed E-state index contributed by atoms with van der Waals surface area (Å²) in [5.74, 6) is 0.816. The zero-order chi connectivity index (χ0) is 15.5. The van der Waals surface area contributed by atoms with Gasteiger partial charge in [0.1, 0.15) is 6.10 Å². The molecule has 21 heavy (non-hydrogen) atoms. The minimum absolute atomic E-state index is 0.0436. The summed E-state index contributed by atoms with van der Waals surface area (Å²) in [6.07, 6.45) is 2.43. The molecule has 0 N–H and O–H groups in total. The average Bonchev–Trinajstić information content (AvgIpc) is 2.40. The number of aryl methyl sites for hydroxylation is 1. The molecule has 5 nitrogen and oxygen atoms in total. The van der Waals surface area contributed by atoms with Gasteiger partial charge in [-0.25, -0.2) is 0 Å². The normalized spacial score (nSPS) is 16.9. The van der Waals surface area contributed by atoms with E-state index in [1.807, 2.05) is 24.0 Å². The number of ether oxygens (including phenoxy) is 1. The molecule has 1 aliphatic heterocycles. The third-order valence-electron chi connectivity index (χ3n) is 3.54. The van der Waals surface area contributed by atoms with Gasteiger partial charge >= 0.3 is 0 Å². The number of likely N-dealkylation sites (tertiary alicyclic amines) is 1. The van der Waals surface area contributed by atoms with Gasteiger partial charge in [-0.3, -0.25) is 4.79 Å². The summed E-state index contributed by atoms with van der Waals surface area (Å²) in [6, 6.07) is 3.74. The molecule has 1 aromatic heterocycles. The average molecular weight is 291 g/mol. The van der Waals surface area contributed by atoms with Crippen LogP contribution in [0.5, 0.6) is 5.88 Å². The van der Waals surface area contributed by atoms with E-state index in [0.29, 0.717) is 12.3 Å². The molecule has 1 aliphatic rings. The summed E-state index contributed by atoms with van der Waals surface area (Å²) in [5.41, 5.74) is 0.923. The molecule has 0 atom stereocenters. The lowest BCUT2D eigenvalue weighted by Crippen LogP contribution is -2.42. The van der Waals surface area contributed by atoms with Crippen molar-refractivity contribution in [2.45, 2.75) is 53.1 Å². The van der Waals surface area contributed by atoms with Gasteiger partial charge in [-0.05, 0) is 18.4 Å². The van der Waals surface area contributed by atoms with E-state index >= 15 is 0 Å². The van der Waals surface area contributed by atoms with E-state index in [4.69, 9.17) is 4.74 Å². The Balaban J connectivity index is 1.80. The summed E-state index contributed by atoms with van der Waals surface area (Å²) in [6.45, 7) is 9.71. The molecule has 0 bridgehead atoms. The lowest BCUT2D eigenvalue weighted by Gasteiger charge is -2.33. The van der Waals surface area contributed by atoms with Crippen LogP contribution in [0.25, 0.3) is 0 Å². The Bertz CT molecular complexity index is 471. The van der Waals surface area contributed by atoms with E-state index in [0.717, 1.165) is 31.6 Å². The Labute approximate surface area is 126 Å². The second-order valence-corrected chi connectivity index (χ2v) is 6.95. The zero-order valence-electron chi connectivity index (χ0n) is 13.4. The summed E-state index contributed by atoms with van der Waals surface area (Å²) < 4.78 is 5.83. The smallest absolute Gasteiger partial charge is 0.233 e. The van der Waals surface area contributed by atoms with E-state index in [1.165, 1.54) is 0 Å². The predicted molar refractivity (Wildman–Crippen MR) is 81.1 cm³/mol. The fourth-order valence-electron chi connectivity index (χ4n) is 2.41. The fourth-order valence-corrected chi connectivity index (χ4v) is 2.41. The van der Waals surface area contributed by atoms with E-state index in [2.05, 4.69) is 31.0 Å². The molecular weight excluding hydrogens is 266 g/mol. The van der Waals surface area contributed by atoms with Crippen LogP contribution < -0.4 is 4.74 Å². The maximum atomic E-state index is 12.2. The SMILES string of the molecule is Cc1ccc(OC2CCN(C(=O)CC(C)(C)C)CC2)nn1. The quantitative estimate of drug-likeness (QED) is 0.859. The molecule has 1 saturated heterocycles. The van der Waals surface area contributed by atoms with E-state index in [-0.39, 0.29) is 17.4 Å². The first-order valence-corrected chi connectivity index (χ1v) is 7.58. The van der Waals surface area contributed by atoms with E-state index in [1.54, 1.807) is 0 Å². The van der Waals surface area contributed by atoms with Crippen molar-refractivity contribution in [1.29, 1.82) is 0 Å². The zero-order valence-corrected chi connectivity index (χ0v) is 13.4. The summed E-state index contributed by atoms with van der Waals surface area (Å²) in [5, 5.41) is 8.01. The van der Waals surface area contributed by atoms with Crippen LogP contribution in [0.1, 0.15) is 45.7 Å². The van der Waals surface area contributed by atoms with Gasteiger partial charge in [-0.2, -0.15) is 5.10 Å². The number of carbonyl (C=O) groups is 1. The van der Waals surface area contributed by atoms with Crippen molar-refractivity contribution in [1.82, 2.24) is 15.1 Å². The molecule has 0 aliphatic carbocycles. The van der Waals surface area contributed by atoms with Crippen molar-refractivity contribution in [3.05, 3.63) is 17.8 Å². The highest BCUT2D eigenvalue weighted by molar-refractivity contribution is 5.76. The molecule has 0 aromatic carbocycles. The molecular formula is C16H25N3O2. The van der Waals surface area contributed by atoms with E-state index < -0.39 is 0 Å². The Morgan fingerprint density at radius 2 is 1.95 bits per heavy atom. The molecule has 1 amide bonds. The molecule has 1 aromatic rings. The van der Waals surface area contributed by atoms with Crippen LogP contribution in [0.4, 0.5) is 0 Å². The van der Waals surface area contributed by atoms with Crippen LogP contribution in [-0.4, -0.2) is 40.2 Å². The maximum absolute atomic E-state index is 12.2. The molecule has 0 radical (unpaired) electrons. The van der Waals surface area contributed by atoms with Crippen molar-refractivity contribution in [2.24, 2.45) is 5.41 Å². The number of piperidine rings is 1. The van der Waals surface area contributed by atoms with Crippen LogP contribution in [-0.2, 0) is 4.79 Å². The van der Waals surface area contributed by atoms with Crippen molar-refractivity contribution < 1.29 is 9.53 Å².